The molecule has 1 fully saturated rings. The molecular formula is C12H15FN2O3. The van der Waals surface area contributed by atoms with E-state index in [9.17, 15) is 14.5 Å². The van der Waals surface area contributed by atoms with Gasteiger partial charge in [0.25, 0.3) is 5.69 Å². The second-order valence-electron chi connectivity index (χ2n) is 4.52. The maximum absolute atomic E-state index is 13.6. The summed E-state index contributed by atoms with van der Waals surface area (Å²) in [5, 5.41) is 13.8. The van der Waals surface area contributed by atoms with Gasteiger partial charge in [-0.1, -0.05) is 0 Å². The van der Waals surface area contributed by atoms with Crippen LogP contribution in [0.25, 0.3) is 0 Å². The van der Waals surface area contributed by atoms with Crippen molar-refractivity contribution in [2.45, 2.75) is 31.9 Å². The number of aryl methyl sites for hydroxylation is 1. The highest BCUT2D eigenvalue weighted by molar-refractivity contribution is 5.45. The number of nitro groups is 1. The third kappa shape index (κ3) is 2.43. The van der Waals surface area contributed by atoms with Gasteiger partial charge in [-0.25, -0.2) is 4.39 Å². The first-order valence-corrected chi connectivity index (χ1v) is 5.79. The number of benzene rings is 1. The molecule has 0 heterocycles. The zero-order valence-electron chi connectivity index (χ0n) is 10.3. The third-order valence-electron chi connectivity index (χ3n) is 3.24. The Kier molecular flexibility index (Phi) is 3.47. The molecule has 1 saturated carbocycles. The van der Waals surface area contributed by atoms with Crippen LogP contribution < -0.4 is 10.1 Å². The minimum absolute atomic E-state index is 0.0159. The number of halogens is 1. The van der Waals surface area contributed by atoms with Gasteiger partial charge in [-0.15, -0.1) is 0 Å². The van der Waals surface area contributed by atoms with Gasteiger partial charge in [-0.3, -0.25) is 10.1 Å². The first kappa shape index (κ1) is 12.8. The Hall–Kier alpha value is -1.69. The maximum Gasteiger partial charge on any atom is 0.275 e. The normalized spacial score (nSPS) is 22.4. The molecule has 1 aromatic carbocycles. The third-order valence-corrected chi connectivity index (χ3v) is 3.24. The van der Waals surface area contributed by atoms with Crippen LogP contribution in [0, 0.1) is 22.9 Å². The summed E-state index contributed by atoms with van der Waals surface area (Å²) in [5.41, 5.74) is 0.183. The predicted octanol–water partition coefficient (Wildman–Crippen LogP) is 2.17. The average molecular weight is 254 g/mol. The van der Waals surface area contributed by atoms with Gasteiger partial charge in [0.2, 0.25) is 0 Å². The van der Waals surface area contributed by atoms with E-state index in [2.05, 4.69) is 5.32 Å². The first-order chi connectivity index (χ1) is 8.51. The lowest BCUT2D eigenvalue weighted by Crippen LogP contribution is -2.45. The summed E-state index contributed by atoms with van der Waals surface area (Å²) < 4.78 is 19.1. The highest BCUT2D eigenvalue weighted by atomic mass is 19.1. The molecule has 0 atom stereocenters. The Morgan fingerprint density at radius 2 is 2.17 bits per heavy atom. The van der Waals surface area contributed by atoms with E-state index in [0.29, 0.717) is 11.6 Å². The van der Waals surface area contributed by atoms with E-state index in [0.717, 1.165) is 18.9 Å². The van der Waals surface area contributed by atoms with Crippen LogP contribution in [-0.2, 0) is 0 Å². The molecule has 0 aliphatic heterocycles. The largest absolute Gasteiger partial charge is 0.487 e. The van der Waals surface area contributed by atoms with E-state index in [1.807, 2.05) is 7.05 Å². The van der Waals surface area contributed by atoms with E-state index in [1.165, 1.54) is 6.07 Å². The summed E-state index contributed by atoms with van der Waals surface area (Å²) in [5.74, 6) is -0.585. The second-order valence-corrected chi connectivity index (χ2v) is 4.52. The molecule has 98 valence electrons. The fraction of sp³-hybridized carbons (Fsp3) is 0.500. The summed E-state index contributed by atoms with van der Waals surface area (Å²) in [4.78, 5) is 10.1. The topological polar surface area (TPSA) is 64.4 Å². The van der Waals surface area contributed by atoms with Crippen molar-refractivity contribution in [3.05, 3.63) is 33.6 Å². The van der Waals surface area contributed by atoms with Crippen LogP contribution >= 0.6 is 0 Å². The maximum atomic E-state index is 13.6. The highest BCUT2D eigenvalue weighted by Gasteiger charge is 2.30. The van der Waals surface area contributed by atoms with Crippen LogP contribution in [0.15, 0.2) is 12.1 Å². The van der Waals surface area contributed by atoms with Gasteiger partial charge in [-0.2, -0.15) is 0 Å². The number of ether oxygens (including phenoxy) is 1. The standard InChI is InChI=1S/C12H15FN2O3/c1-7-3-12(10(13)6-11(7)15(16)17)18-9-4-8(5-9)14-2/h3,6,8-9,14H,4-5H2,1-2H3. The van der Waals surface area contributed by atoms with Crippen molar-refractivity contribution in [2.24, 2.45) is 0 Å². The molecule has 0 bridgehead atoms. The monoisotopic (exact) mass is 254 g/mol. The second kappa shape index (κ2) is 4.89. The smallest absolute Gasteiger partial charge is 0.275 e. The number of nitro benzene ring substituents is 1. The quantitative estimate of drug-likeness (QED) is 0.660. The minimum Gasteiger partial charge on any atom is -0.487 e. The molecule has 0 radical (unpaired) electrons. The number of hydrogen-bond donors (Lipinski definition) is 1. The fourth-order valence-electron chi connectivity index (χ4n) is 2.01. The van der Waals surface area contributed by atoms with E-state index in [4.69, 9.17) is 4.74 Å². The van der Waals surface area contributed by atoms with Crippen LogP contribution in [0.4, 0.5) is 10.1 Å². The van der Waals surface area contributed by atoms with Crippen LogP contribution in [0.1, 0.15) is 18.4 Å². The van der Waals surface area contributed by atoms with Gasteiger partial charge < -0.3 is 10.1 Å². The van der Waals surface area contributed by atoms with E-state index >= 15 is 0 Å². The molecule has 0 aromatic heterocycles. The molecule has 1 aliphatic rings. The molecule has 0 saturated heterocycles. The number of nitrogens with zero attached hydrogens (tertiary/aromatic N) is 1. The van der Waals surface area contributed by atoms with Gasteiger partial charge in [0, 0.05) is 11.6 Å². The van der Waals surface area contributed by atoms with Crippen LogP contribution in [0.2, 0.25) is 0 Å². The van der Waals surface area contributed by atoms with Crippen molar-refractivity contribution < 1.29 is 14.1 Å². The van der Waals surface area contributed by atoms with E-state index in [-0.39, 0.29) is 17.5 Å². The number of nitrogens with one attached hydrogen (secondary N) is 1. The lowest BCUT2D eigenvalue weighted by molar-refractivity contribution is -0.385. The molecular weight excluding hydrogens is 239 g/mol. The predicted molar refractivity (Wildman–Crippen MR) is 64.3 cm³/mol. The van der Waals surface area contributed by atoms with Gasteiger partial charge >= 0.3 is 0 Å². The zero-order valence-corrected chi connectivity index (χ0v) is 10.3. The molecule has 18 heavy (non-hydrogen) atoms. The Morgan fingerprint density at radius 1 is 1.50 bits per heavy atom. The highest BCUT2D eigenvalue weighted by Crippen LogP contribution is 2.31. The van der Waals surface area contributed by atoms with E-state index in [1.54, 1.807) is 6.92 Å². The molecule has 2 rings (SSSR count). The van der Waals surface area contributed by atoms with Gasteiger partial charge in [0.1, 0.15) is 6.10 Å². The summed E-state index contributed by atoms with van der Waals surface area (Å²) in [6.07, 6.45) is 1.63. The zero-order chi connectivity index (χ0) is 13.3. The molecule has 1 aromatic rings. The molecule has 1 N–H and O–H groups in total. The summed E-state index contributed by atoms with van der Waals surface area (Å²) >= 11 is 0. The summed E-state index contributed by atoms with van der Waals surface area (Å²) in [7, 11) is 1.87. The Balaban J connectivity index is 2.10. The SMILES string of the molecule is CNC1CC(Oc2cc(C)c([N+](=O)[O-])cc2F)C1. The van der Waals surface area contributed by atoms with Crippen LogP contribution in [0.5, 0.6) is 5.75 Å². The average Bonchev–Trinajstić information content (AvgIpc) is 2.26. The molecule has 0 amide bonds. The van der Waals surface area contributed by atoms with Crippen molar-refractivity contribution in [3.63, 3.8) is 0 Å². The Morgan fingerprint density at radius 3 is 2.72 bits per heavy atom. The lowest BCUT2D eigenvalue weighted by atomic mass is 9.89. The van der Waals surface area contributed by atoms with E-state index < -0.39 is 10.7 Å². The molecule has 0 spiro atoms. The summed E-state index contributed by atoms with van der Waals surface area (Å²) in [6.45, 7) is 1.57. The number of rotatable bonds is 4. The van der Waals surface area contributed by atoms with Crippen molar-refractivity contribution in [1.29, 1.82) is 0 Å². The van der Waals surface area contributed by atoms with Crippen LogP contribution in [-0.4, -0.2) is 24.1 Å². The van der Waals surface area contributed by atoms with Gasteiger partial charge in [0.05, 0.1) is 11.0 Å². The van der Waals surface area contributed by atoms with Gasteiger partial charge in [0.15, 0.2) is 11.6 Å². The van der Waals surface area contributed by atoms with Gasteiger partial charge in [-0.05, 0) is 32.9 Å². The fourth-order valence-corrected chi connectivity index (χ4v) is 2.01. The van der Waals surface area contributed by atoms with Crippen molar-refractivity contribution in [3.8, 4) is 5.75 Å². The Bertz CT molecular complexity index is 473. The van der Waals surface area contributed by atoms with Crippen molar-refractivity contribution in [2.75, 3.05) is 7.05 Å². The van der Waals surface area contributed by atoms with Crippen molar-refractivity contribution in [1.82, 2.24) is 5.32 Å². The lowest BCUT2D eigenvalue weighted by Gasteiger charge is -2.35. The van der Waals surface area contributed by atoms with Crippen LogP contribution in [0.3, 0.4) is 0 Å². The number of hydrogen-bond acceptors (Lipinski definition) is 4. The minimum atomic E-state index is -0.680. The first-order valence-electron chi connectivity index (χ1n) is 5.79. The molecule has 0 unspecified atom stereocenters. The molecule has 1 aliphatic carbocycles. The summed E-state index contributed by atoms with van der Waals surface area (Å²) in [6, 6.07) is 2.72. The molecule has 6 heteroatoms. The molecule has 5 nitrogen and oxygen atoms in total. The van der Waals surface area contributed by atoms with Crippen molar-refractivity contribution >= 4 is 5.69 Å². The Labute approximate surface area is 104 Å².